The van der Waals surface area contributed by atoms with Gasteiger partial charge in [-0.2, -0.15) is 13.2 Å². The highest BCUT2D eigenvalue weighted by Gasteiger charge is 2.32. The molecule has 0 aliphatic heterocycles. The first-order valence-corrected chi connectivity index (χ1v) is 4.76. The van der Waals surface area contributed by atoms with Gasteiger partial charge in [-0.3, -0.25) is 4.98 Å². The van der Waals surface area contributed by atoms with Gasteiger partial charge in [-0.1, -0.05) is 18.8 Å². The molecule has 0 saturated heterocycles. The van der Waals surface area contributed by atoms with Crippen LogP contribution < -0.4 is 5.32 Å². The van der Waals surface area contributed by atoms with E-state index in [0.29, 0.717) is 6.54 Å². The Morgan fingerprint density at radius 2 is 2.19 bits per heavy atom. The van der Waals surface area contributed by atoms with Crippen molar-refractivity contribution >= 4 is 0 Å². The quantitative estimate of drug-likeness (QED) is 0.619. The van der Waals surface area contributed by atoms with Crippen LogP contribution in [-0.4, -0.2) is 18.1 Å². The van der Waals surface area contributed by atoms with E-state index in [-0.39, 0.29) is 5.56 Å². The smallest absolute Gasteiger partial charge is 0.306 e. The standard InChI is InChI=1S/C11H11F3N2/c1-2-15-6-3-4-9-8-16-7-5-10(9)11(12,13)14/h5,7-8,15H,2,6H2,1H3. The van der Waals surface area contributed by atoms with Gasteiger partial charge in [-0.25, -0.2) is 0 Å². The van der Waals surface area contributed by atoms with Crippen molar-refractivity contribution in [3.05, 3.63) is 29.6 Å². The van der Waals surface area contributed by atoms with E-state index in [4.69, 9.17) is 0 Å². The summed E-state index contributed by atoms with van der Waals surface area (Å²) in [5, 5.41) is 2.90. The lowest BCUT2D eigenvalue weighted by molar-refractivity contribution is -0.137. The molecule has 1 N–H and O–H groups in total. The molecule has 0 atom stereocenters. The minimum atomic E-state index is -4.38. The summed E-state index contributed by atoms with van der Waals surface area (Å²) in [4.78, 5) is 3.63. The molecule has 16 heavy (non-hydrogen) atoms. The van der Waals surface area contributed by atoms with E-state index >= 15 is 0 Å². The number of hydrogen-bond acceptors (Lipinski definition) is 2. The van der Waals surface area contributed by atoms with Crippen molar-refractivity contribution in [2.24, 2.45) is 0 Å². The summed E-state index contributed by atoms with van der Waals surface area (Å²) in [7, 11) is 0. The Balaban J connectivity index is 2.90. The fraction of sp³-hybridized carbons (Fsp3) is 0.364. The lowest BCUT2D eigenvalue weighted by Gasteiger charge is -2.07. The number of nitrogens with one attached hydrogen (secondary N) is 1. The molecule has 0 aliphatic rings. The van der Waals surface area contributed by atoms with E-state index in [1.165, 1.54) is 0 Å². The zero-order chi connectivity index (χ0) is 12.0. The van der Waals surface area contributed by atoms with Crippen LogP contribution in [0.2, 0.25) is 0 Å². The predicted octanol–water partition coefficient (Wildman–Crippen LogP) is 2.06. The van der Waals surface area contributed by atoms with Gasteiger partial charge in [-0.15, -0.1) is 0 Å². The van der Waals surface area contributed by atoms with Crippen molar-refractivity contribution in [3.63, 3.8) is 0 Å². The van der Waals surface area contributed by atoms with Gasteiger partial charge in [0, 0.05) is 12.4 Å². The third-order valence-corrected chi connectivity index (χ3v) is 1.81. The molecule has 1 aromatic heterocycles. The number of halogens is 3. The van der Waals surface area contributed by atoms with Crippen LogP contribution in [0.1, 0.15) is 18.1 Å². The molecule has 0 radical (unpaired) electrons. The van der Waals surface area contributed by atoms with E-state index in [1.807, 2.05) is 6.92 Å². The summed E-state index contributed by atoms with van der Waals surface area (Å²) in [6.07, 6.45) is -2.15. The lowest BCUT2D eigenvalue weighted by Crippen LogP contribution is -2.12. The summed E-state index contributed by atoms with van der Waals surface area (Å²) < 4.78 is 37.5. The monoisotopic (exact) mass is 228 g/mol. The second kappa shape index (κ2) is 5.52. The zero-order valence-corrected chi connectivity index (χ0v) is 8.73. The molecule has 0 aromatic carbocycles. The Labute approximate surface area is 91.9 Å². The summed E-state index contributed by atoms with van der Waals surface area (Å²) >= 11 is 0. The molecular formula is C11H11F3N2. The summed E-state index contributed by atoms with van der Waals surface area (Å²) in [6, 6.07) is 0.928. The third kappa shape index (κ3) is 3.55. The van der Waals surface area contributed by atoms with Crippen LogP contribution in [-0.2, 0) is 6.18 Å². The second-order valence-corrected chi connectivity index (χ2v) is 3.00. The van der Waals surface area contributed by atoms with E-state index in [0.717, 1.165) is 25.0 Å². The number of alkyl halides is 3. The minimum absolute atomic E-state index is 0.0899. The van der Waals surface area contributed by atoms with E-state index in [2.05, 4.69) is 22.1 Å². The van der Waals surface area contributed by atoms with Crippen molar-refractivity contribution in [1.29, 1.82) is 0 Å². The maximum atomic E-state index is 12.5. The van der Waals surface area contributed by atoms with Gasteiger partial charge in [0.05, 0.1) is 17.7 Å². The first-order valence-electron chi connectivity index (χ1n) is 4.76. The van der Waals surface area contributed by atoms with Crippen molar-refractivity contribution < 1.29 is 13.2 Å². The van der Waals surface area contributed by atoms with Gasteiger partial charge in [-0.05, 0) is 12.6 Å². The number of nitrogens with zero attached hydrogens (tertiary/aromatic N) is 1. The Morgan fingerprint density at radius 3 is 2.81 bits per heavy atom. The predicted molar refractivity (Wildman–Crippen MR) is 54.7 cm³/mol. The molecule has 0 bridgehead atoms. The fourth-order valence-corrected chi connectivity index (χ4v) is 1.07. The van der Waals surface area contributed by atoms with Gasteiger partial charge in [0.15, 0.2) is 0 Å². The Morgan fingerprint density at radius 1 is 1.44 bits per heavy atom. The normalized spacial score (nSPS) is 10.8. The topological polar surface area (TPSA) is 24.9 Å². The van der Waals surface area contributed by atoms with Crippen LogP contribution in [0.15, 0.2) is 18.5 Å². The molecule has 0 aliphatic carbocycles. The van der Waals surface area contributed by atoms with Crippen molar-refractivity contribution in [2.75, 3.05) is 13.1 Å². The number of pyridine rings is 1. The van der Waals surface area contributed by atoms with Gasteiger partial charge < -0.3 is 5.32 Å². The molecule has 0 fully saturated rings. The SMILES string of the molecule is CCNCC#Cc1cnccc1C(F)(F)F. The molecule has 0 unspecified atom stereocenters. The van der Waals surface area contributed by atoms with Crippen LogP contribution in [0.5, 0.6) is 0 Å². The maximum Gasteiger partial charge on any atom is 0.417 e. The molecule has 1 rings (SSSR count). The third-order valence-electron chi connectivity index (χ3n) is 1.81. The summed E-state index contributed by atoms with van der Waals surface area (Å²) in [5.74, 6) is 5.07. The van der Waals surface area contributed by atoms with E-state index < -0.39 is 11.7 Å². The Hall–Kier alpha value is -1.54. The van der Waals surface area contributed by atoms with Crippen LogP contribution in [0.25, 0.3) is 0 Å². The zero-order valence-electron chi connectivity index (χ0n) is 8.73. The molecule has 2 nitrogen and oxygen atoms in total. The largest absolute Gasteiger partial charge is 0.417 e. The lowest BCUT2D eigenvalue weighted by atomic mass is 10.1. The summed E-state index contributed by atoms with van der Waals surface area (Å²) in [6.45, 7) is 2.99. The first-order chi connectivity index (χ1) is 7.55. The Bertz CT molecular complexity index is 402. The number of rotatable bonds is 2. The van der Waals surface area contributed by atoms with Gasteiger partial charge in [0.2, 0.25) is 0 Å². The fourth-order valence-electron chi connectivity index (χ4n) is 1.07. The maximum absolute atomic E-state index is 12.5. The molecule has 0 saturated carbocycles. The number of aromatic nitrogens is 1. The van der Waals surface area contributed by atoms with Crippen molar-refractivity contribution in [2.45, 2.75) is 13.1 Å². The van der Waals surface area contributed by atoms with Crippen molar-refractivity contribution in [3.8, 4) is 11.8 Å². The van der Waals surface area contributed by atoms with Crippen LogP contribution in [0.4, 0.5) is 13.2 Å². The highest BCUT2D eigenvalue weighted by Crippen LogP contribution is 2.30. The molecular weight excluding hydrogens is 217 g/mol. The second-order valence-electron chi connectivity index (χ2n) is 3.00. The molecule has 0 spiro atoms. The van der Waals surface area contributed by atoms with Gasteiger partial charge in [0.1, 0.15) is 0 Å². The minimum Gasteiger partial charge on any atom is -0.306 e. The van der Waals surface area contributed by atoms with Gasteiger partial charge in [0.25, 0.3) is 0 Å². The van der Waals surface area contributed by atoms with Gasteiger partial charge >= 0.3 is 6.18 Å². The Kier molecular flexibility index (Phi) is 4.32. The highest BCUT2D eigenvalue weighted by atomic mass is 19.4. The summed E-state index contributed by atoms with van der Waals surface area (Å²) in [5.41, 5.74) is -0.834. The molecule has 86 valence electrons. The average Bonchev–Trinajstić information content (AvgIpc) is 2.24. The van der Waals surface area contributed by atoms with Crippen LogP contribution in [0.3, 0.4) is 0 Å². The number of hydrogen-bond donors (Lipinski definition) is 1. The molecule has 5 heteroatoms. The van der Waals surface area contributed by atoms with Crippen molar-refractivity contribution in [1.82, 2.24) is 10.3 Å². The molecule has 1 aromatic rings. The average molecular weight is 228 g/mol. The van der Waals surface area contributed by atoms with Crippen LogP contribution in [0, 0.1) is 11.8 Å². The molecule has 0 amide bonds. The van der Waals surface area contributed by atoms with Crippen LogP contribution >= 0.6 is 0 Å². The van der Waals surface area contributed by atoms with E-state index in [1.54, 1.807) is 0 Å². The first kappa shape index (κ1) is 12.5. The molecule has 1 heterocycles. The van der Waals surface area contributed by atoms with E-state index in [9.17, 15) is 13.2 Å². The highest BCUT2D eigenvalue weighted by molar-refractivity contribution is 5.40.